The Hall–Kier alpha value is -2.22. The van der Waals surface area contributed by atoms with Gasteiger partial charge >= 0.3 is 5.97 Å². The number of fused-ring (bicyclic) bond motifs is 5. The van der Waals surface area contributed by atoms with E-state index in [2.05, 4.69) is 30.4 Å². The highest BCUT2D eigenvalue weighted by atomic mass is 16.6. The summed E-state index contributed by atoms with van der Waals surface area (Å²) < 4.78 is 5.78. The highest BCUT2D eigenvalue weighted by Crippen LogP contribution is 2.66. The summed E-state index contributed by atoms with van der Waals surface area (Å²) >= 11 is 0. The number of ketones is 1. The topological polar surface area (TPSA) is 114 Å². The van der Waals surface area contributed by atoms with Crippen molar-refractivity contribution in [1.29, 1.82) is 0 Å². The standard InChI is InChI=1S/C33H50N2O6/c1-20(36)25-8-9-26-24-7-6-22-16-23(10-13-32(22,4)27(24)11-14-33(25,26)5)35-41-19-29(37)34-28(17-30(38)39)21-12-15-40-31(2,3)18-21/h16,21,24-28H,6-15,17-19H2,1-5H3,(H,34,37)(H,38,39)/t21-,24+,25+,26-,27-,28-,32+,33-/m1/s1. The number of allylic oxidation sites excluding steroid dienone is 2. The van der Waals surface area contributed by atoms with Crippen LogP contribution in [0.15, 0.2) is 16.8 Å². The molecule has 1 heterocycles. The van der Waals surface area contributed by atoms with E-state index >= 15 is 0 Å². The van der Waals surface area contributed by atoms with Crippen LogP contribution in [0.4, 0.5) is 0 Å². The fourth-order valence-corrected chi connectivity index (χ4v) is 9.88. The molecule has 0 spiro atoms. The van der Waals surface area contributed by atoms with Gasteiger partial charge in [-0.3, -0.25) is 14.4 Å². The summed E-state index contributed by atoms with van der Waals surface area (Å²) in [4.78, 5) is 42.2. The molecule has 1 amide bonds. The average molecular weight is 571 g/mol. The summed E-state index contributed by atoms with van der Waals surface area (Å²) in [6.07, 6.45) is 12.2. The number of nitrogens with one attached hydrogen (secondary N) is 1. The molecule has 1 aliphatic heterocycles. The molecule has 4 aliphatic carbocycles. The monoisotopic (exact) mass is 570 g/mol. The zero-order valence-electron chi connectivity index (χ0n) is 25.7. The summed E-state index contributed by atoms with van der Waals surface area (Å²) in [5.74, 6) is 1.39. The second-order valence-electron chi connectivity index (χ2n) is 14.8. The molecule has 0 aromatic rings. The second kappa shape index (κ2) is 11.5. The van der Waals surface area contributed by atoms with Gasteiger partial charge in [-0.05, 0) is 126 Å². The lowest BCUT2D eigenvalue weighted by Crippen LogP contribution is -2.51. The molecule has 0 unspecified atom stereocenters. The van der Waals surface area contributed by atoms with Crippen LogP contribution in [0.5, 0.6) is 0 Å². The molecule has 228 valence electrons. The number of aliphatic carboxylic acids is 1. The van der Waals surface area contributed by atoms with Crippen LogP contribution in [-0.2, 0) is 24.0 Å². The van der Waals surface area contributed by atoms with Gasteiger partial charge in [-0.2, -0.15) is 0 Å². The van der Waals surface area contributed by atoms with Crippen LogP contribution in [-0.4, -0.2) is 53.3 Å². The van der Waals surface area contributed by atoms with Gasteiger partial charge in [0.1, 0.15) is 5.78 Å². The van der Waals surface area contributed by atoms with Gasteiger partial charge in [0, 0.05) is 18.6 Å². The van der Waals surface area contributed by atoms with E-state index in [-0.39, 0.29) is 47.2 Å². The van der Waals surface area contributed by atoms with E-state index in [0.29, 0.717) is 36.6 Å². The highest BCUT2D eigenvalue weighted by Gasteiger charge is 2.59. The number of oxime groups is 1. The summed E-state index contributed by atoms with van der Waals surface area (Å²) in [5.41, 5.74) is 2.35. The Balaban J connectivity index is 1.19. The Morgan fingerprint density at radius 2 is 1.85 bits per heavy atom. The molecule has 1 saturated heterocycles. The minimum Gasteiger partial charge on any atom is -0.481 e. The summed E-state index contributed by atoms with van der Waals surface area (Å²) in [5, 5.41) is 16.7. The third kappa shape index (κ3) is 6.00. The smallest absolute Gasteiger partial charge is 0.305 e. The Bertz CT molecular complexity index is 1110. The predicted octanol–water partition coefficient (Wildman–Crippen LogP) is 5.69. The number of carboxylic acids is 1. The van der Waals surface area contributed by atoms with Crippen LogP contribution in [0.3, 0.4) is 0 Å². The predicted molar refractivity (Wildman–Crippen MR) is 156 cm³/mol. The zero-order valence-corrected chi connectivity index (χ0v) is 25.7. The maximum atomic E-state index is 12.7. The van der Waals surface area contributed by atoms with Crippen molar-refractivity contribution >= 4 is 23.4 Å². The van der Waals surface area contributed by atoms with Crippen molar-refractivity contribution in [3.05, 3.63) is 11.6 Å². The molecule has 41 heavy (non-hydrogen) atoms. The molecule has 5 aliphatic rings. The van der Waals surface area contributed by atoms with Crippen molar-refractivity contribution in [2.75, 3.05) is 13.2 Å². The van der Waals surface area contributed by atoms with Crippen LogP contribution >= 0.6 is 0 Å². The molecule has 2 N–H and O–H groups in total. The lowest BCUT2D eigenvalue weighted by Gasteiger charge is -2.58. The van der Waals surface area contributed by atoms with Gasteiger partial charge in [0.25, 0.3) is 5.91 Å². The molecule has 8 atom stereocenters. The number of nitrogens with zero attached hydrogens (tertiary/aromatic N) is 1. The van der Waals surface area contributed by atoms with Crippen molar-refractivity contribution in [3.8, 4) is 0 Å². The van der Waals surface area contributed by atoms with Crippen LogP contribution in [0.25, 0.3) is 0 Å². The molecule has 0 aromatic heterocycles. The molecule has 0 aromatic carbocycles. The van der Waals surface area contributed by atoms with E-state index in [1.807, 2.05) is 13.8 Å². The third-order valence-electron chi connectivity index (χ3n) is 11.9. The number of hydrogen-bond donors (Lipinski definition) is 2. The van der Waals surface area contributed by atoms with Crippen LogP contribution in [0.1, 0.15) is 105 Å². The normalized spacial score (nSPS) is 39.5. The van der Waals surface area contributed by atoms with Crippen molar-refractivity contribution in [2.24, 2.45) is 45.6 Å². The number of ether oxygens (including phenoxy) is 1. The minimum absolute atomic E-state index is 0.0382. The molecule has 4 fully saturated rings. The highest BCUT2D eigenvalue weighted by molar-refractivity contribution is 5.96. The SMILES string of the molecule is CC(=O)[C@@H]1CC[C@@H]2[C@@H]3CCC4=CC(=NOCC(=O)N[C@H](CC(=O)O)[C@@H]5CCOC(C)(C)C5)CC[C@]4(C)[C@@H]3CC[C@@]21C. The molecular formula is C33H50N2O6. The van der Waals surface area contributed by atoms with E-state index in [1.165, 1.54) is 24.8 Å². The first-order valence-electron chi connectivity index (χ1n) is 15.9. The number of carboxylic acid groups (broad SMARTS) is 1. The number of carbonyl (C=O) groups is 3. The number of Topliss-reactive ketones (excluding diaryl/α,β-unsaturated/α-hetero) is 1. The Morgan fingerprint density at radius 3 is 2.56 bits per heavy atom. The van der Waals surface area contributed by atoms with Crippen molar-refractivity contribution < 1.29 is 29.1 Å². The number of rotatable bonds is 8. The lowest BCUT2D eigenvalue weighted by molar-refractivity contribution is -0.140. The molecule has 0 bridgehead atoms. The Kier molecular flexibility index (Phi) is 8.45. The van der Waals surface area contributed by atoms with Gasteiger partial charge in [-0.15, -0.1) is 0 Å². The molecular weight excluding hydrogens is 520 g/mol. The number of hydrogen-bond acceptors (Lipinski definition) is 6. The zero-order chi connectivity index (χ0) is 29.6. The van der Waals surface area contributed by atoms with Crippen molar-refractivity contribution in [3.63, 3.8) is 0 Å². The van der Waals surface area contributed by atoms with E-state index in [1.54, 1.807) is 6.92 Å². The first kappa shape index (κ1) is 30.2. The summed E-state index contributed by atoms with van der Waals surface area (Å²) in [6, 6.07) is -0.463. The Labute approximate surface area is 245 Å². The first-order valence-corrected chi connectivity index (χ1v) is 15.9. The molecule has 3 saturated carbocycles. The summed E-state index contributed by atoms with van der Waals surface area (Å²) in [6.45, 7) is 11.0. The lowest BCUT2D eigenvalue weighted by atomic mass is 9.46. The summed E-state index contributed by atoms with van der Waals surface area (Å²) in [7, 11) is 0. The average Bonchev–Trinajstić information content (AvgIpc) is 3.25. The minimum atomic E-state index is -0.929. The first-order chi connectivity index (χ1) is 19.3. The molecule has 5 rings (SSSR count). The van der Waals surface area contributed by atoms with E-state index in [0.717, 1.165) is 44.2 Å². The van der Waals surface area contributed by atoms with Gasteiger partial charge in [0.15, 0.2) is 6.61 Å². The van der Waals surface area contributed by atoms with E-state index in [9.17, 15) is 19.5 Å². The van der Waals surface area contributed by atoms with Gasteiger partial charge in [0.2, 0.25) is 0 Å². The molecule has 0 radical (unpaired) electrons. The van der Waals surface area contributed by atoms with Gasteiger partial charge < -0.3 is 20.0 Å². The van der Waals surface area contributed by atoms with Crippen LogP contribution in [0.2, 0.25) is 0 Å². The number of carbonyl (C=O) groups excluding carboxylic acids is 2. The molecule has 8 nitrogen and oxygen atoms in total. The van der Waals surface area contributed by atoms with Crippen LogP contribution < -0.4 is 5.32 Å². The quantitative estimate of drug-likeness (QED) is 0.362. The second-order valence-corrected chi connectivity index (χ2v) is 14.8. The van der Waals surface area contributed by atoms with E-state index in [4.69, 9.17) is 9.57 Å². The largest absolute Gasteiger partial charge is 0.481 e. The number of amides is 1. The van der Waals surface area contributed by atoms with Gasteiger partial charge in [-0.25, -0.2) is 0 Å². The van der Waals surface area contributed by atoms with E-state index < -0.39 is 12.0 Å². The molecule has 8 heteroatoms. The fourth-order valence-electron chi connectivity index (χ4n) is 9.88. The van der Waals surface area contributed by atoms with Crippen LogP contribution in [0, 0.1) is 40.4 Å². The Morgan fingerprint density at radius 1 is 1.07 bits per heavy atom. The maximum Gasteiger partial charge on any atom is 0.305 e. The van der Waals surface area contributed by atoms with Gasteiger partial charge in [-0.1, -0.05) is 24.6 Å². The van der Waals surface area contributed by atoms with Crippen molar-refractivity contribution in [1.82, 2.24) is 5.32 Å². The van der Waals surface area contributed by atoms with Gasteiger partial charge in [0.05, 0.1) is 17.7 Å². The third-order valence-corrected chi connectivity index (χ3v) is 11.9. The maximum absolute atomic E-state index is 12.7. The van der Waals surface area contributed by atoms with Crippen molar-refractivity contribution in [2.45, 2.75) is 117 Å². The fraction of sp³-hybridized carbons (Fsp3) is 0.818.